The van der Waals surface area contributed by atoms with Crippen LogP contribution in [0.1, 0.15) is 168 Å². The Bertz CT molecular complexity index is 1160. The number of nitrogens with one attached hydrogen (secondary N) is 1. The van der Waals surface area contributed by atoms with Crippen molar-refractivity contribution in [3.8, 4) is 0 Å². The first kappa shape index (κ1) is 61.1. The fourth-order valence-electron chi connectivity index (χ4n) is 7.09. The van der Waals surface area contributed by atoms with Gasteiger partial charge >= 0.3 is 0 Å². The number of rotatable bonds is 37. The Labute approximate surface area is 377 Å². The van der Waals surface area contributed by atoms with Crippen molar-refractivity contribution < 1.29 is 75.2 Å². The van der Waals surface area contributed by atoms with Crippen LogP contribution in [0.25, 0.3) is 0 Å². The quantitative estimate of drug-likeness (QED) is 0.0242. The number of aliphatic hydroxyl groups is 11. The molecule has 12 N–H and O–H groups in total. The Kier molecular flexibility index (Phi) is 38.1. The van der Waals surface area contributed by atoms with Crippen LogP contribution < -0.4 is 5.32 Å². The zero-order chi connectivity index (χ0) is 47.4. The molecule has 0 aliphatic carbocycles. The lowest BCUT2D eigenvalue weighted by Crippen LogP contribution is -2.60. The van der Waals surface area contributed by atoms with Gasteiger partial charge in [-0.15, -0.1) is 0 Å². The van der Waals surface area contributed by atoms with E-state index in [2.05, 4.69) is 32.2 Å². The van der Waals surface area contributed by atoms with Crippen LogP contribution in [-0.4, -0.2) is 162 Å². The summed E-state index contributed by atoms with van der Waals surface area (Å²) in [5.74, 6) is -0.628. The maximum atomic E-state index is 13.0. The van der Waals surface area contributed by atoms with Gasteiger partial charge in [-0.3, -0.25) is 4.79 Å². The first-order valence-corrected chi connectivity index (χ1v) is 23.9. The third-order valence-corrected chi connectivity index (χ3v) is 11.4. The number of carbonyl (C=O) groups is 2. The summed E-state index contributed by atoms with van der Waals surface area (Å²) in [6, 6.07) is -0.993. The molecule has 1 saturated heterocycles. The van der Waals surface area contributed by atoms with E-state index in [0.717, 1.165) is 32.1 Å². The summed E-state index contributed by atoms with van der Waals surface area (Å²) in [7, 11) is 0. The van der Waals surface area contributed by atoms with Gasteiger partial charge in [0.15, 0.2) is 12.6 Å². The summed E-state index contributed by atoms with van der Waals surface area (Å²) in [4.78, 5) is 22.9. The lowest BCUT2D eigenvalue weighted by Gasteiger charge is -2.40. The highest BCUT2D eigenvalue weighted by Crippen LogP contribution is 2.23. The van der Waals surface area contributed by atoms with E-state index < -0.39 is 92.5 Å². The highest BCUT2D eigenvalue weighted by molar-refractivity contribution is 5.80. The van der Waals surface area contributed by atoms with Crippen molar-refractivity contribution >= 4 is 12.2 Å². The van der Waals surface area contributed by atoms with Crippen LogP contribution in [0.2, 0.25) is 0 Å². The van der Waals surface area contributed by atoms with Crippen LogP contribution >= 0.6 is 0 Å². The molecular weight excluding hydrogens is 819 g/mol. The third kappa shape index (κ3) is 28.7. The first-order valence-electron chi connectivity index (χ1n) is 23.9. The molecule has 1 aliphatic heterocycles. The largest absolute Gasteiger partial charge is 0.394 e. The molecule has 0 unspecified atom stereocenters. The van der Waals surface area contributed by atoms with Gasteiger partial charge in [-0.1, -0.05) is 153 Å². The molecule has 1 aliphatic rings. The van der Waals surface area contributed by atoms with Crippen LogP contribution in [0.4, 0.5) is 0 Å². The van der Waals surface area contributed by atoms with Gasteiger partial charge in [0, 0.05) is 0 Å². The second-order valence-corrected chi connectivity index (χ2v) is 17.1. The molecule has 372 valence electrons. The average Bonchev–Trinajstić information content (AvgIpc) is 3.28. The van der Waals surface area contributed by atoms with E-state index in [0.29, 0.717) is 19.3 Å². The van der Waals surface area contributed by atoms with Crippen molar-refractivity contribution in [2.75, 3.05) is 19.8 Å². The van der Waals surface area contributed by atoms with Gasteiger partial charge in [-0.2, -0.15) is 0 Å². The molecule has 0 saturated carbocycles. The van der Waals surface area contributed by atoms with E-state index >= 15 is 0 Å². The Morgan fingerprint density at radius 1 is 0.683 bits per heavy atom. The molecule has 0 aromatic heterocycles. The Hall–Kier alpha value is -1.90. The van der Waals surface area contributed by atoms with E-state index in [4.69, 9.17) is 35.0 Å². The van der Waals surface area contributed by atoms with Crippen LogP contribution in [-0.2, 0) is 19.1 Å². The second-order valence-electron chi connectivity index (χ2n) is 17.1. The number of aliphatic hydroxyl groups excluding tert-OH is 11. The molecule has 1 rings (SSSR count). The fraction of sp³-hybridized carbons (Fsp3) is 0.872. The summed E-state index contributed by atoms with van der Waals surface area (Å²) in [5, 5.41) is 108. The molecule has 12 atom stereocenters. The molecule has 16 nitrogen and oxygen atoms in total. The number of allylic oxidation sites excluding steroid dienone is 3. The molecule has 0 bridgehead atoms. The lowest BCUT2D eigenvalue weighted by molar-refractivity contribution is -0.302. The van der Waals surface area contributed by atoms with E-state index in [-0.39, 0.29) is 12.9 Å². The van der Waals surface area contributed by atoms with E-state index in [1.807, 2.05) is 6.08 Å². The minimum absolute atomic E-state index is 0.0258. The number of hydrogen-bond donors (Lipinski definition) is 12. The van der Waals surface area contributed by atoms with Crippen molar-refractivity contribution in [3.63, 3.8) is 0 Å². The summed E-state index contributed by atoms with van der Waals surface area (Å²) in [5.41, 5.74) is 1.36. The molecule has 1 fully saturated rings. The maximum Gasteiger partial charge on any atom is 0.249 e. The second kappa shape index (κ2) is 39.3. The molecule has 0 spiro atoms. The fourth-order valence-corrected chi connectivity index (χ4v) is 7.09. The van der Waals surface area contributed by atoms with Gasteiger partial charge in [0.1, 0.15) is 54.9 Å². The summed E-state index contributed by atoms with van der Waals surface area (Å²) in [6.45, 7) is 4.94. The van der Waals surface area contributed by atoms with Crippen molar-refractivity contribution in [2.45, 2.75) is 242 Å². The van der Waals surface area contributed by atoms with E-state index in [9.17, 15) is 40.2 Å². The SMILES string of the molecule is CCCCCCCCCCCCCC[C@@H](O)C(=O)N[C@@H](CO[C@@H]1O[C@H](CO)[C@@H](O)[C@H](O)[C@H]1O)[C@H](O)/C=C/CC/C=C(\C)CCCCCCCCC.O=C[C@H](O)[C@@H](O)[C@@H](O)[C@H](O)CO. The zero-order valence-corrected chi connectivity index (χ0v) is 38.7. The van der Waals surface area contributed by atoms with Crippen molar-refractivity contribution in [2.24, 2.45) is 0 Å². The van der Waals surface area contributed by atoms with Gasteiger partial charge in [0.25, 0.3) is 0 Å². The number of unbranched alkanes of at least 4 members (excludes halogenated alkanes) is 18. The number of ether oxygens (including phenoxy) is 2. The topological polar surface area (TPSA) is 287 Å². The van der Waals surface area contributed by atoms with Crippen molar-refractivity contribution in [1.29, 1.82) is 0 Å². The highest BCUT2D eigenvalue weighted by Gasteiger charge is 2.44. The molecule has 1 heterocycles. The highest BCUT2D eigenvalue weighted by atomic mass is 16.7. The number of carbonyl (C=O) groups excluding carboxylic acids is 2. The van der Waals surface area contributed by atoms with Crippen LogP contribution in [0, 0.1) is 0 Å². The smallest absolute Gasteiger partial charge is 0.249 e. The maximum absolute atomic E-state index is 13.0. The van der Waals surface area contributed by atoms with Crippen molar-refractivity contribution in [3.05, 3.63) is 23.8 Å². The summed E-state index contributed by atoms with van der Waals surface area (Å²) < 4.78 is 11.1. The standard InChI is InChI=1S/C41H77NO9.C6H12O6/c1-4-6-8-10-12-13-14-15-16-18-20-24-29-35(45)40(49)42-33(31-50-41-39(48)38(47)37(46)36(30-43)51-41)34(44)28-25-21-23-27-32(3)26-22-19-17-11-9-7-5-2;7-1-3(9)5(11)6(12)4(10)2-8/h25,27-28,33-39,41,43-48H,4-24,26,29-31H2,1-3H3,(H,42,49);1,3-6,8-12H,2H2/b28-25+,32-27+;/t33-,34+,35+,36+,37+,38-,39+,41+;3-,4+,5+,6-/m00/s1. The molecule has 1 amide bonds. The van der Waals surface area contributed by atoms with Crippen molar-refractivity contribution in [1.82, 2.24) is 5.32 Å². The normalized spacial score (nSPS) is 22.7. The first-order chi connectivity index (χ1) is 30.2. The zero-order valence-electron chi connectivity index (χ0n) is 38.7. The van der Waals surface area contributed by atoms with Gasteiger partial charge in [-0.05, 0) is 39.0 Å². The number of aldehydes is 1. The van der Waals surface area contributed by atoms with Crippen LogP contribution in [0.15, 0.2) is 23.8 Å². The predicted octanol–water partition coefficient (Wildman–Crippen LogP) is 3.15. The molecule has 16 heteroatoms. The van der Waals surface area contributed by atoms with E-state index in [1.165, 1.54) is 102 Å². The molecular formula is C47H89NO15. The lowest BCUT2D eigenvalue weighted by atomic mass is 9.99. The summed E-state index contributed by atoms with van der Waals surface area (Å²) in [6.07, 6.45) is 15.2. The van der Waals surface area contributed by atoms with Crippen LogP contribution in [0.3, 0.4) is 0 Å². The predicted molar refractivity (Wildman–Crippen MR) is 241 cm³/mol. The van der Waals surface area contributed by atoms with Gasteiger partial charge < -0.3 is 75.8 Å². The Morgan fingerprint density at radius 3 is 1.71 bits per heavy atom. The molecule has 0 radical (unpaired) electrons. The van der Waals surface area contributed by atoms with E-state index in [1.54, 1.807) is 6.08 Å². The monoisotopic (exact) mass is 908 g/mol. The third-order valence-electron chi connectivity index (χ3n) is 11.4. The molecule has 0 aromatic carbocycles. The number of hydrogen-bond acceptors (Lipinski definition) is 15. The Morgan fingerprint density at radius 2 is 1.21 bits per heavy atom. The van der Waals surface area contributed by atoms with Crippen LogP contribution in [0.5, 0.6) is 0 Å². The molecule has 0 aromatic rings. The minimum Gasteiger partial charge on any atom is -0.394 e. The van der Waals surface area contributed by atoms with Gasteiger partial charge in [0.05, 0.1) is 32.0 Å². The molecule has 63 heavy (non-hydrogen) atoms. The minimum atomic E-state index is -1.79. The van der Waals surface area contributed by atoms with Gasteiger partial charge in [0.2, 0.25) is 5.91 Å². The Balaban J connectivity index is 0.00000277. The average molecular weight is 908 g/mol. The number of amides is 1. The summed E-state index contributed by atoms with van der Waals surface area (Å²) >= 11 is 0. The van der Waals surface area contributed by atoms with Gasteiger partial charge in [-0.25, -0.2) is 0 Å².